The minimum absolute atomic E-state index is 0.00950. The molecule has 5 rings (SSSR count). The summed E-state index contributed by atoms with van der Waals surface area (Å²) in [4.78, 5) is 38.1. The molecule has 1 aliphatic carbocycles. The van der Waals surface area contributed by atoms with Crippen molar-refractivity contribution < 1.29 is 27.5 Å². The number of carbonyl (C=O) groups is 2. The molecule has 2 atom stereocenters. The molecule has 2 saturated heterocycles. The van der Waals surface area contributed by atoms with Gasteiger partial charge < -0.3 is 24.8 Å². The van der Waals surface area contributed by atoms with E-state index in [9.17, 15) is 22.8 Å². The van der Waals surface area contributed by atoms with Crippen molar-refractivity contribution in [3.8, 4) is 17.0 Å². The van der Waals surface area contributed by atoms with Gasteiger partial charge in [0.25, 0.3) is 5.91 Å². The summed E-state index contributed by atoms with van der Waals surface area (Å²) in [6.45, 7) is 7.04. The number of carbonyl (C=O) groups excluding carboxylic acids is 2. The van der Waals surface area contributed by atoms with Crippen molar-refractivity contribution in [1.82, 2.24) is 20.1 Å². The van der Waals surface area contributed by atoms with E-state index in [1.807, 2.05) is 57.3 Å². The van der Waals surface area contributed by atoms with Gasteiger partial charge in [-0.1, -0.05) is 25.5 Å². The molecule has 2 aromatic rings. The third-order valence-electron chi connectivity index (χ3n) is 9.13. The molecule has 2 amide bonds. The highest BCUT2D eigenvalue weighted by atomic mass is 19.4. The number of aromatic nitrogens is 1. The summed E-state index contributed by atoms with van der Waals surface area (Å²) in [7, 11) is 2.02. The summed E-state index contributed by atoms with van der Waals surface area (Å²) in [6.07, 6.45) is -2.76. The maximum Gasteiger partial charge on any atom is 0.390 e. The number of benzene rings is 1. The van der Waals surface area contributed by atoms with E-state index in [0.717, 1.165) is 25.1 Å². The molecule has 1 saturated carbocycles. The van der Waals surface area contributed by atoms with Gasteiger partial charge in [0, 0.05) is 43.8 Å². The van der Waals surface area contributed by atoms with Crippen LogP contribution in [-0.2, 0) is 4.79 Å². The summed E-state index contributed by atoms with van der Waals surface area (Å²) >= 11 is 0. The molecule has 11 heteroatoms. The van der Waals surface area contributed by atoms with E-state index >= 15 is 0 Å². The minimum Gasteiger partial charge on any atom is -0.493 e. The van der Waals surface area contributed by atoms with E-state index in [1.54, 1.807) is 4.90 Å². The van der Waals surface area contributed by atoms with Crippen LogP contribution in [0.15, 0.2) is 36.4 Å². The van der Waals surface area contributed by atoms with E-state index in [-0.39, 0.29) is 30.8 Å². The van der Waals surface area contributed by atoms with Crippen LogP contribution in [0, 0.1) is 5.41 Å². The molecular weight excluding hydrogens is 559 g/mol. The maximum absolute atomic E-state index is 13.8. The Balaban J connectivity index is 1.44. The number of likely N-dealkylation sites (N-methyl/N-ethyl adjacent to an activating group) is 1. The zero-order chi connectivity index (χ0) is 30.8. The molecule has 0 bridgehead atoms. The number of rotatable bonds is 9. The van der Waals surface area contributed by atoms with Gasteiger partial charge in [-0.05, 0) is 70.5 Å². The van der Waals surface area contributed by atoms with Gasteiger partial charge in [-0.3, -0.25) is 9.59 Å². The Morgan fingerprint density at radius 3 is 2.47 bits per heavy atom. The predicted molar refractivity (Wildman–Crippen MR) is 159 cm³/mol. The Kier molecular flexibility index (Phi) is 9.20. The molecule has 234 valence electrons. The van der Waals surface area contributed by atoms with Gasteiger partial charge in [0.1, 0.15) is 5.75 Å². The van der Waals surface area contributed by atoms with E-state index in [0.29, 0.717) is 61.9 Å². The molecule has 43 heavy (non-hydrogen) atoms. The fraction of sp³-hybridized carbons (Fsp3) is 0.594. The number of alkyl halides is 3. The average Bonchev–Trinajstić information content (AvgIpc) is 3.38. The zero-order valence-electron chi connectivity index (χ0n) is 25.3. The Hall–Kier alpha value is -3.34. The molecule has 0 unspecified atom stereocenters. The normalized spacial score (nSPS) is 22.3. The number of nitrogens with zero attached hydrogens (tertiary/aromatic N) is 4. The third kappa shape index (κ3) is 6.76. The largest absolute Gasteiger partial charge is 0.493 e. The van der Waals surface area contributed by atoms with Crippen molar-refractivity contribution in [1.29, 1.82) is 0 Å². The lowest BCUT2D eigenvalue weighted by Crippen LogP contribution is -2.59. The van der Waals surface area contributed by atoms with Crippen LogP contribution in [0.1, 0.15) is 62.9 Å². The molecule has 1 aromatic carbocycles. The van der Waals surface area contributed by atoms with Crippen molar-refractivity contribution in [2.24, 2.45) is 5.41 Å². The fourth-order valence-corrected chi connectivity index (χ4v) is 6.76. The van der Waals surface area contributed by atoms with Crippen LogP contribution in [0.3, 0.4) is 0 Å². The summed E-state index contributed by atoms with van der Waals surface area (Å²) in [5.41, 5.74) is 1.01. The van der Waals surface area contributed by atoms with Gasteiger partial charge in [0.2, 0.25) is 5.91 Å². The Morgan fingerprint density at radius 1 is 1.07 bits per heavy atom. The number of hydrogen-bond donors (Lipinski definition) is 1. The second-order valence-electron chi connectivity index (χ2n) is 12.1. The van der Waals surface area contributed by atoms with Crippen LogP contribution in [0.5, 0.6) is 5.75 Å². The second kappa shape index (κ2) is 12.7. The summed E-state index contributed by atoms with van der Waals surface area (Å²) in [5, 5.41) is 3.17. The van der Waals surface area contributed by atoms with Crippen LogP contribution < -0.4 is 15.0 Å². The first-order valence-electron chi connectivity index (χ1n) is 15.4. The standard InChI is InChI=1S/C32H42F3N5O3/c1-4-23-20-39(30(42)31(14-8-15-31)21-32(33,34)35)17-18-40(23)26-12-11-25(24-9-6-7-10-27(24)43-5-2)37-28(26)29(41)36-22-13-16-38(3)19-22/h6-7,9-12,22-23H,4-5,8,13-21H2,1-3H3,(H,36,41)/t22-,23-/m1/s1. The SMILES string of the molecule is CCOc1ccccc1-c1ccc(N2CCN(C(=O)C3(CC(F)(F)F)CCC3)C[C@H]2CC)c(C(=O)N[C@@H]2CCN(C)C2)n1. The molecule has 1 N–H and O–H groups in total. The lowest BCUT2D eigenvalue weighted by atomic mass is 9.65. The highest BCUT2D eigenvalue weighted by Crippen LogP contribution is 2.50. The van der Waals surface area contributed by atoms with Crippen molar-refractivity contribution >= 4 is 17.5 Å². The zero-order valence-corrected chi connectivity index (χ0v) is 25.3. The average molecular weight is 602 g/mol. The number of para-hydroxylation sites is 1. The highest BCUT2D eigenvalue weighted by Gasteiger charge is 2.53. The summed E-state index contributed by atoms with van der Waals surface area (Å²) < 4.78 is 46.0. The minimum atomic E-state index is -4.38. The molecule has 2 aliphatic heterocycles. The second-order valence-corrected chi connectivity index (χ2v) is 12.1. The number of hydrogen-bond acceptors (Lipinski definition) is 6. The topological polar surface area (TPSA) is 78.0 Å². The van der Waals surface area contributed by atoms with Crippen molar-refractivity contribution in [2.45, 2.75) is 70.6 Å². The van der Waals surface area contributed by atoms with Gasteiger partial charge in [-0.15, -0.1) is 0 Å². The van der Waals surface area contributed by atoms with Crippen LogP contribution in [0.25, 0.3) is 11.3 Å². The Labute approximate surface area is 251 Å². The molecule has 3 fully saturated rings. The number of likely N-dealkylation sites (tertiary alicyclic amines) is 1. The van der Waals surface area contributed by atoms with Gasteiger partial charge in [-0.2, -0.15) is 13.2 Å². The highest BCUT2D eigenvalue weighted by molar-refractivity contribution is 5.99. The van der Waals surface area contributed by atoms with Crippen LogP contribution in [-0.4, -0.2) is 91.2 Å². The van der Waals surface area contributed by atoms with E-state index in [2.05, 4.69) is 15.1 Å². The van der Waals surface area contributed by atoms with Gasteiger partial charge in [0.05, 0.1) is 29.8 Å². The molecule has 0 radical (unpaired) electrons. The van der Waals surface area contributed by atoms with Crippen LogP contribution in [0.2, 0.25) is 0 Å². The first-order valence-corrected chi connectivity index (χ1v) is 15.4. The van der Waals surface area contributed by atoms with Gasteiger partial charge in [-0.25, -0.2) is 4.98 Å². The monoisotopic (exact) mass is 601 g/mol. The summed E-state index contributed by atoms with van der Waals surface area (Å²) in [5.74, 6) is 0.0212. The molecule has 0 spiro atoms. The van der Waals surface area contributed by atoms with Crippen molar-refractivity contribution in [3.05, 3.63) is 42.1 Å². The number of anilines is 1. The lowest BCUT2D eigenvalue weighted by molar-refractivity contribution is -0.185. The summed E-state index contributed by atoms with van der Waals surface area (Å²) in [6, 6.07) is 11.2. The number of pyridine rings is 1. The number of nitrogens with one attached hydrogen (secondary N) is 1. The molecule has 8 nitrogen and oxygen atoms in total. The fourth-order valence-electron chi connectivity index (χ4n) is 6.76. The van der Waals surface area contributed by atoms with Gasteiger partial charge in [0.15, 0.2) is 5.69 Å². The Bertz CT molecular complexity index is 1320. The number of piperazine rings is 1. The molecule has 3 aliphatic rings. The first kappa shape index (κ1) is 31.1. The van der Waals surface area contributed by atoms with E-state index in [4.69, 9.17) is 9.72 Å². The number of ether oxygens (including phenoxy) is 1. The van der Waals surface area contributed by atoms with Crippen LogP contribution >= 0.6 is 0 Å². The third-order valence-corrected chi connectivity index (χ3v) is 9.13. The van der Waals surface area contributed by atoms with Crippen molar-refractivity contribution in [3.63, 3.8) is 0 Å². The number of halogens is 3. The quantitative estimate of drug-likeness (QED) is 0.430. The number of amides is 2. The Morgan fingerprint density at radius 2 is 1.84 bits per heavy atom. The predicted octanol–water partition coefficient (Wildman–Crippen LogP) is 5.13. The molecule has 1 aromatic heterocycles. The van der Waals surface area contributed by atoms with Gasteiger partial charge >= 0.3 is 6.18 Å². The molecular formula is C32H42F3N5O3. The van der Waals surface area contributed by atoms with E-state index < -0.39 is 23.9 Å². The van der Waals surface area contributed by atoms with E-state index in [1.165, 1.54) is 0 Å². The lowest BCUT2D eigenvalue weighted by Gasteiger charge is -2.48. The first-order chi connectivity index (χ1) is 20.5. The van der Waals surface area contributed by atoms with Crippen LogP contribution in [0.4, 0.5) is 18.9 Å². The smallest absolute Gasteiger partial charge is 0.390 e. The maximum atomic E-state index is 13.8. The van der Waals surface area contributed by atoms with Crippen molar-refractivity contribution in [2.75, 3.05) is 51.3 Å². The molecule has 3 heterocycles.